The highest BCUT2D eigenvalue weighted by molar-refractivity contribution is 5.94. The van der Waals surface area contributed by atoms with Gasteiger partial charge >= 0.3 is 5.97 Å². The standard InChI is InChI=1S/C32H44N4O6/c1-19(2)27-28(38)33-22(5)29(39)36-16-8-9-26(35-36)30(40)42-23(6)20(3)10-12-25-13-11-24(17-21(25)4)14-15-32(7,18-37)31(41)34-27/h10-15,17,19,22-23,26-27,35,37H,3,8-9,16,18H2,1-2,4-7H3,(H,33,38)(H,34,41)/b12-10-,15-14+/t22-,23+,26-,27?,32-/m0/s1. The SMILES string of the molecule is C=C1/C=C\c2ccc(cc2C)/C=C/[C@@](C)(CO)C(=O)NC(C(C)C)C(=O)N[C@@H](C)C(=O)N2CCC[C@H](N2)C(=O)O[C@@H]1C. The fraction of sp³-hybridized carbons (Fsp3) is 0.500. The Hall–Kier alpha value is -3.76. The van der Waals surface area contributed by atoms with Gasteiger partial charge < -0.3 is 20.5 Å². The van der Waals surface area contributed by atoms with Crippen molar-refractivity contribution in [1.29, 1.82) is 0 Å². The number of nitrogens with one attached hydrogen (secondary N) is 3. The van der Waals surface area contributed by atoms with Crippen LogP contribution in [0.5, 0.6) is 0 Å². The molecule has 0 aromatic heterocycles. The molecule has 0 aliphatic carbocycles. The monoisotopic (exact) mass is 580 g/mol. The van der Waals surface area contributed by atoms with E-state index in [1.54, 1.807) is 52.8 Å². The maximum absolute atomic E-state index is 13.4. The fourth-order valence-electron chi connectivity index (χ4n) is 4.69. The molecule has 42 heavy (non-hydrogen) atoms. The van der Waals surface area contributed by atoms with Gasteiger partial charge in [0.15, 0.2) is 0 Å². The summed E-state index contributed by atoms with van der Waals surface area (Å²) in [6, 6.07) is 3.17. The van der Waals surface area contributed by atoms with Gasteiger partial charge in [0.25, 0.3) is 5.91 Å². The molecule has 0 radical (unpaired) electrons. The van der Waals surface area contributed by atoms with Gasteiger partial charge in [-0.25, -0.2) is 5.43 Å². The van der Waals surface area contributed by atoms with Crippen LogP contribution in [-0.2, 0) is 23.9 Å². The van der Waals surface area contributed by atoms with Gasteiger partial charge in [-0.3, -0.25) is 24.2 Å². The summed E-state index contributed by atoms with van der Waals surface area (Å²) in [7, 11) is 0. The molecule has 3 amide bonds. The highest BCUT2D eigenvalue weighted by Gasteiger charge is 2.36. The number of esters is 1. The van der Waals surface area contributed by atoms with E-state index in [4.69, 9.17) is 4.74 Å². The number of rotatable bonds is 2. The van der Waals surface area contributed by atoms with E-state index in [1.165, 1.54) is 5.01 Å². The molecule has 228 valence electrons. The zero-order valence-corrected chi connectivity index (χ0v) is 25.4. The third-order valence-electron chi connectivity index (χ3n) is 7.78. The number of ether oxygens (including phenoxy) is 1. The lowest BCUT2D eigenvalue weighted by Crippen LogP contribution is -2.61. The number of hydrogen-bond acceptors (Lipinski definition) is 7. The van der Waals surface area contributed by atoms with Crippen LogP contribution >= 0.6 is 0 Å². The smallest absolute Gasteiger partial charge is 0.325 e. The first kappa shape index (κ1) is 32.8. The molecule has 1 aromatic rings. The van der Waals surface area contributed by atoms with E-state index in [0.717, 1.165) is 16.7 Å². The van der Waals surface area contributed by atoms with Gasteiger partial charge in [0.2, 0.25) is 11.8 Å². The maximum atomic E-state index is 13.4. The van der Waals surface area contributed by atoms with E-state index in [9.17, 15) is 24.3 Å². The summed E-state index contributed by atoms with van der Waals surface area (Å²) in [5, 5.41) is 17.0. The second-order valence-electron chi connectivity index (χ2n) is 11.8. The van der Waals surface area contributed by atoms with Crippen LogP contribution in [0.25, 0.3) is 12.2 Å². The molecular weight excluding hydrogens is 536 g/mol. The normalized spacial score (nSPS) is 30.0. The topological polar surface area (TPSA) is 137 Å². The minimum absolute atomic E-state index is 0.301. The average molecular weight is 581 g/mol. The summed E-state index contributed by atoms with van der Waals surface area (Å²) < 4.78 is 5.66. The highest BCUT2D eigenvalue weighted by atomic mass is 16.5. The summed E-state index contributed by atoms with van der Waals surface area (Å²) in [6.07, 6.45) is 7.56. The van der Waals surface area contributed by atoms with Crippen molar-refractivity contribution in [2.75, 3.05) is 13.2 Å². The van der Waals surface area contributed by atoms with Crippen LogP contribution in [0.2, 0.25) is 0 Å². The number of hydrogen-bond donors (Lipinski definition) is 4. The van der Waals surface area contributed by atoms with Crippen LogP contribution in [0.3, 0.4) is 0 Å². The summed E-state index contributed by atoms with van der Waals surface area (Å²) in [4.78, 5) is 52.8. The van der Waals surface area contributed by atoms with Crippen molar-refractivity contribution in [1.82, 2.24) is 21.1 Å². The zero-order chi connectivity index (χ0) is 31.2. The van der Waals surface area contributed by atoms with Crippen LogP contribution in [-0.4, -0.2) is 71.2 Å². The van der Waals surface area contributed by atoms with E-state index >= 15 is 0 Å². The number of carbonyl (C=O) groups is 4. The van der Waals surface area contributed by atoms with Crippen molar-refractivity contribution in [3.63, 3.8) is 0 Å². The Morgan fingerprint density at radius 2 is 1.83 bits per heavy atom. The lowest BCUT2D eigenvalue weighted by atomic mass is 9.88. The number of aliphatic hydroxyl groups is 1. The lowest BCUT2D eigenvalue weighted by Gasteiger charge is -2.35. The molecular formula is C32H44N4O6. The predicted octanol–water partition coefficient (Wildman–Crippen LogP) is 2.66. The van der Waals surface area contributed by atoms with Crippen LogP contribution < -0.4 is 16.1 Å². The molecule has 10 heteroatoms. The van der Waals surface area contributed by atoms with Gasteiger partial charge in [-0.05, 0) is 68.7 Å². The highest BCUT2D eigenvalue weighted by Crippen LogP contribution is 2.23. The second-order valence-corrected chi connectivity index (χ2v) is 11.8. The number of amides is 3. The van der Waals surface area contributed by atoms with Gasteiger partial charge in [0.1, 0.15) is 24.2 Å². The minimum Gasteiger partial charge on any atom is -0.457 e. The molecule has 0 spiro atoms. The Morgan fingerprint density at radius 3 is 2.48 bits per heavy atom. The third kappa shape index (κ3) is 7.95. The zero-order valence-electron chi connectivity index (χ0n) is 25.4. The number of hydrazine groups is 1. The van der Waals surface area contributed by atoms with Gasteiger partial charge in [-0.1, -0.05) is 62.9 Å². The second kappa shape index (κ2) is 13.9. The fourth-order valence-corrected chi connectivity index (χ4v) is 4.69. The molecule has 10 nitrogen and oxygen atoms in total. The number of nitrogens with zero attached hydrogens (tertiary/aromatic N) is 1. The Morgan fingerprint density at radius 1 is 1.12 bits per heavy atom. The third-order valence-corrected chi connectivity index (χ3v) is 7.78. The van der Waals surface area contributed by atoms with E-state index in [-0.39, 0.29) is 5.92 Å². The number of benzene rings is 1. The Kier molecular flexibility index (Phi) is 10.9. The molecule has 1 saturated heterocycles. The Bertz CT molecular complexity index is 1270. The van der Waals surface area contributed by atoms with Gasteiger partial charge in [0.05, 0.1) is 12.0 Å². The van der Waals surface area contributed by atoms with Crippen LogP contribution in [0.15, 0.2) is 42.5 Å². The van der Waals surface area contributed by atoms with Crippen LogP contribution in [0.1, 0.15) is 64.2 Å². The Labute approximate surface area is 248 Å². The maximum Gasteiger partial charge on any atom is 0.325 e. The molecule has 0 saturated carbocycles. The van der Waals surface area contributed by atoms with Crippen molar-refractivity contribution in [3.8, 4) is 0 Å². The van der Waals surface area contributed by atoms with Gasteiger partial charge in [-0.2, -0.15) is 0 Å². The minimum atomic E-state index is -1.30. The molecule has 4 N–H and O–H groups in total. The van der Waals surface area contributed by atoms with Crippen molar-refractivity contribution < 1.29 is 29.0 Å². The molecule has 3 aliphatic heterocycles. The van der Waals surface area contributed by atoms with Crippen molar-refractivity contribution in [2.24, 2.45) is 11.3 Å². The first-order valence-electron chi connectivity index (χ1n) is 14.4. The van der Waals surface area contributed by atoms with Gasteiger partial charge in [0, 0.05) is 6.54 Å². The molecule has 3 aliphatic rings. The Balaban J connectivity index is 1.97. The molecule has 1 fully saturated rings. The first-order chi connectivity index (χ1) is 19.7. The first-order valence-corrected chi connectivity index (χ1v) is 14.4. The van der Waals surface area contributed by atoms with Crippen molar-refractivity contribution >= 4 is 35.8 Å². The molecule has 4 bridgehead atoms. The number of fused-ring (bicyclic) bond motifs is 14. The lowest BCUT2D eigenvalue weighted by molar-refractivity contribution is -0.155. The predicted molar refractivity (Wildman–Crippen MR) is 161 cm³/mol. The summed E-state index contributed by atoms with van der Waals surface area (Å²) in [5.74, 6) is -2.26. The number of aliphatic hydroxyl groups excluding tert-OH is 1. The van der Waals surface area contributed by atoms with E-state index in [1.807, 2.05) is 31.2 Å². The van der Waals surface area contributed by atoms with Crippen LogP contribution in [0, 0.1) is 18.3 Å². The van der Waals surface area contributed by atoms with Crippen LogP contribution in [0.4, 0.5) is 0 Å². The van der Waals surface area contributed by atoms with Crippen molar-refractivity contribution in [3.05, 3.63) is 59.2 Å². The largest absolute Gasteiger partial charge is 0.457 e. The summed E-state index contributed by atoms with van der Waals surface area (Å²) in [5.41, 5.74) is 4.99. The average Bonchev–Trinajstić information content (AvgIpc) is 2.96. The molecule has 5 atom stereocenters. The molecule has 4 rings (SSSR count). The molecule has 1 aromatic carbocycles. The number of aryl methyl sites for hydroxylation is 1. The molecule has 1 unspecified atom stereocenters. The summed E-state index contributed by atoms with van der Waals surface area (Å²) in [6.45, 7) is 14.4. The quantitative estimate of drug-likeness (QED) is 0.395. The van der Waals surface area contributed by atoms with Gasteiger partial charge in [-0.15, -0.1) is 0 Å². The van der Waals surface area contributed by atoms with Crippen molar-refractivity contribution in [2.45, 2.75) is 78.6 Å². The van der Waals surface area contributed by atoms with E-state index in [0.29, 0.717) is 25.0 Å². The number of carbonyl (C=O) groups excluding carboxylic acids is 4. The molecule has 3 heterocycles. The van der Waals surface area contributed by atoms with E-state index < -0.39 is 59.9 Å². The van der Waals surface area contributed by atoms with E-state index in [2.05, 4.69) is 22.6 Å². The summed E-state index contributed by atoms with van der Waals surface area (Å²) >= 11 is 0.